The molecule has 3 N–H and O–H groups in total. The summed E-state index contributed by atoms with van der Waals surface area (Å²) in [5.74, 6) is 2.95. The number of anilines is 4. The van der Waals surface area contributed by atoms with E-state index in [1.807, 2.05) is 54.6 Å². The fraction of sp³-hybridized carbons (Fsp3) is 0.304. The van der Waals surface area contributed by atoms with Gasteiger partial charge in [0.1, 0.15) is 23.5 Å². The average Bonchev–Trinajstić information content (AvgIpc) is 2.77. The predicted molar refractivity (Wildman–Crippen MR) is 122 cm³/mol. The lowest BCUT2D eigenvalue weighted by atomic mass is 10.0. The SMILES string of the molecule is CN1CCC(N(C)c2ncnc(Nc3ccc(Oc4ccccc4)cc3)c2N)CC1. The molecule has 1 saturated heterocycles. The first-order valence-corrected chi connectivity index (χ1v) is 10.2. The largest absolute Gasteiger partial charge is 0.457 e. The zero-order valence-corrected chi connectivity index (χ0v) is 17.5. The summed E-state index contributed by atoms with van der Waals surface area (Å²) in [5, 5.41) is 3.30. The number of benzene rings is 2. The summed E-state index contributed by atoms with van der Waals surface area (Å²) in [6.07, 6.45) is 3.76. The summed E-state index contributed by atoms with van der Waals surface area (Å²) in [6.45, 7) is 2.17. The third-order valence-corrected chi connectivity index (χ3v) is 5.53. The van der Waals surface area contributed by atoms with Crippen molar-refractivity contribution in [3.05, 3.63) is 60.9 Å². The molecule has 7 nitrogen and oxygen atoms in total. The number of nitrogens with two attached hydrogens (primary N) is 1. The Morgan fingerprint density at radius 3 is 2.37 bits per heavy atom. The Labute approximate surface area is 177 Å². The van der Waals surface area contributed by atoms with Gasteiger partial charge in [0.05, 0.1) is 0 Å². The van der Waals surface area contributed by atoms with Crippen LogP contribution in [0.5, 0.6) is 11.5 Å². The molecule has 1 aliphatic rings. The van der Waals surface area contributed by atoms with Gasteiger partial charge in [0.25, 0.3) is 0 Å². The number of para-hydroxylation sites is 1. The highest BCUT2D eigenvalue weighted by molar-refractivity contribution is 5.78. The van der Waals surface area contributed by atoms with E-state index in [2.05, 4.69) is 39.2 Å². The van der Waals surface area contributed by atoms with Crippen LogP contribution in [0.2, 0.25) is 0 Å². The Balaban J connectivity index is 1.45. The maximum Gasteiger partial charge on any atom is 0.159 e. The molecule has 1 aromatic heterocycles. The van der Waals surface area contributed by atoms with Gasteiger partial charge in [-0.05, 0) is 69.4 Å². The van der Waals surface area contributed by atoms with Gasteiger partial charge in [-0.25, -0.2) is 9.97 Å². The first kappa shape index (κ1) is 20.0. The maximum atomic E-state index is 6.43. The second-order valence-electron chi connectivity index (χ2n) is 7.67. The van der Waals surface area contributed by atoms with E-state index in [-0.39, 0.29) is 0 Å². The average molecular weight is 405 g/mol. The number of likely N-dealkylation sites (tertiary alicyclic amines) is 1. The first-order valence-electron chi connectivity index (χ1n) is 10.2. The molecule has 1 aliphatic heterocycles. The van der Waals surface area contributed by atoms with Crippen LogP contribution in [0.25, 0.3) is 0 Å². The summed E-state index contributed by atoms with van der Waals surface area (Å²) in [5.41, 5.74) is 7.88. The van der Waals surface area contributed by atoms with Gasteiger partial charge >= 0.3 is 0 Å². The van der Waals surface area contributed by atoms with Crippen LogP contribution in [0.1, 0.15) is 12.8 Å². The highest BCUT2D eigenvalue weighted by Crippen LogP contribution is 2.31. The van der Waals surface area contributed by atoms with Gasteiger partial charge in [0.15, 0.2) is 11.6 Å². The first-order chi connectivity index (χ1) is 14.6. The number of nitrogen functional groups attached to an aromatic ring is 1. The van der Waals surface area contributed by atoms with Crippen molar-refractivity contribution in [3.8, 4) is 11.5 Å². The highest BCUT2D eigenvalue weighted by Gasteiger charge is 2.23. The molecule has 3 aromatic rings. The van der Waals surface area contributed by atoms with Crippen LogP contribution in [0, 0.1) is 0 Å². The minimum absolute atomic E-state index is 0.431. The lowest BCUT2D eigenvalue weighted by Crippen LogP contribution is -2.42. The van der Waals surface area contributed by atoms with E-state index in [1.165, 1.54) is 0 Å². The molecule has 1 fully saturated rings. The predicted octanol–water partition coefficient (Wildman–Crippen LogP) is 4.13. The molecule has 156 valence electrons. The Morgan fingerprint density at radius 2 is 1.67 bits per heavy atom. The molecular formula is C23H28N6O. The monoisotopic (exact) mass is 404 g/mol. The molecule has 2 aromatic carbocycles. The van der Waals surface area contributed by atoms with E-state index in [9.17, 15) is 0 Å². The van der Waals surface area contributed by atoms with Gasteiger partial charge in [-0.2, -0.15) is 0 Å². The lowest BCUT2D eigenvalue weighted by Gasteiger charge is -2.36. The molecule has 4 rings (SSSR count). The minimum Gasteiger partial charge on any atom is -0.457 e. The van der Waals surface area contributed by atoms with Crippen molar-refractivity contribution in [3.63, 3.8) is 0 Å². The summed E-state index contributed by atoms with van der Waals surface area (Å²) in [4.78, 5) is 13.3. The third kappa shape index (κ3) is 4.63. The summed E-state index contributed by atoms with van der Waals surface area (Å²) < 4.78 is 5.84. The molecule has 0 unspecified atom stereocenters. The summed E-state index contributed by atoms with van der Waals surface area (Å²) >= 11 is 0. The van der Waals surface area contributed by atoms with Crippen LogP contribution in [0.15, 0.2) is 60.9 Å². The Morgan fingerprint density at radius 1 is 1.00 bits per heavy atom. The van der Waals surface area contributed by atoms with Crippen LogP contribution in [0.4, 0.5) is 23.0 Å². The van der Waals surface area contributed by atoms with Crippen molar-refractivity contribution in [1.82, 2.24) is 14.9 Å². The quantitative estimate of drug-likeness (QED) is 0.639. The van der Waals surface area contributed by atoms with E-state index >= 15 is 0 Å². The molecular weight excluding hydrogens is 376 g/mol. The van der Waals surface area contributed by atoms with Crippen LogP contribution >= 0.6 is 0 Å². The summed E-state index contributed by atoms with van der Waals surface area (Å²) in [7, 11) is 4.22. The van der Waals surface area contributed by atoms with Crippen molar-refractivity contribution in [2.75, 3.05) is 43.1 Å². The van der Waals surface area contributed by atoms with Crippen molar-refractivity contribution >= 4 is 23.0 Å². The van der Waals surface area contributed by atoms with Crippen LogP contribution in [-0.4, -0.2) is 48.1 Å². The van der Waals surface area contributed by atoms with Crippen molar-refractivity contribution in [2.45, 2.75) is 18.9 Å². The van der Waals surface area contributed by atoms with Gasteiger partial charge in [0, 0.05) is 18.8 Å². The number of ether oxygens (including phenoxy) is 1. The Kier molecular flexibility index (Phi) is 5.99. The zero-order valence-electron chi connectivity index (χ0n) is 17.5. The second kappa shape index (κ2) is 9.00. The van der Waals surface area contributed by atoms with Crippen molar-refractivity contribution in [2.24, 2.45) is 0 Å². The highest BCUT2D eigenvalue weighted by atomic mass is 16.5. The number of hydrogen-bond donors (Lipinski definition) is 2. The zero-order chi connectivity index (χ0) is 20.9. The summed E-state index contributed by atoms with van der Waals surface area (Å²) in [6, 6.07) is 17.9. The fourth-order valence-electron chi connectivity index (χ4n) is 3.69. The van der Waals surface area contributed by atoms with Gasteiger partial charge < -0.3 is 25.6 Å². The minimum atomic E-state index is 0.431. The molecule has 0 aliphatic carbocycles. The van der Waals surface area contributed by atoms with E-state index in [0.717, 1.165) is 48.9 Å². The maximum absolute atomic E-state index is 6.43. The van der Waals surface area contributed by atoms with Gasteiger partial charge in [-0.3, -0.25) is 0 Å². The third-order valence-electron chi connectivity index (χ3n) is 5.53. The van der Waals surface area contributed by atoms with E-state index in [0.29, 0.717) is 17.5 Å². The van der Waals surface area contributed by atoms with Crippen LogP contribution in [-0.2, 0) is 0 Å². The van der Waals surface area contributed by atoms with Crippen LogP contribution < -0.4 is 20.7 Å². The van der Waals surface area contributed by atoms with Crippen molar-refractivity contribution < 1.29 is 4.74 Å². The lowest BCUT2D eigenvalue weighted by molar-refractivity contribution is 0.252. The molecule has 0 spiro atoms. The molecule has 0 atom stereocenters. The number of rotatable bonds is 6. The van der Waals surface area contributed by atoms with Gasteiger partial charge in [-0.15, -0.1) is 0 Å². The molecule has 0 saturated carbocycles. The number of nitrogens with zero attached hydrogens (tertiary/aromatic N) is 4. The molecule has 0 amide bonds. The molecule has 7 heteroatoms. The Bertz CT molecular complexity index is 955. The van der Waals surface area contributed by atoms with Gasteiger partial charge in [0.2, 0.25) is 0 Å². The number of nitrogens with one attached hydrogen (secondary N) is 1. The van der Waals surface area contributed by atoms with E-state index in [4.69, 9.17) is 10.5 Å². The molecule has 0 radical (unpaired) electrons. The second-order valence-corrected chi connectivity index (χ2v) is 7.67. The molecule has 30 heavy (non-hydrogen) atoms. The van der Waals surface area contributed by atoms with Crippen LogP contribution in [0.3, 0.4) is 0 Å². The van der Waals surface area contributed by atoms with Crippen molar-refractivity contribution in [1.29, 1.82) is 0 Å². The van der Waals surface area contributed by atoms with Gasteiger partial charge in [-0.1, -0.05) is 18.2 Å². The standard InChI is InChI=1S/C23H28N6O/c1-28-14-12-18(13-15-28)29(2)23-21(24)22(25-16-26-23)27-17-8-10-20(11-9-17)30-19-6-4-3-5-7-19/h3-11,16,18H,12-15,24H2,1-2H3,(H,25,26,27). The topological polar surface area (TPSA) is 79.5 Å². The van der Waals surface area contributed by atoms with E-state index < -0.39 is 0 Å². The number of aromatic nitrogens is 2. The number of hydrogen-bond acceptors (Lipinski definition) is 7. The number of piperidine rings is 1. The normalized spacial score (nSPS) is 15.0. The fourth-order valence-corrected chi connectivity index (χ4v) is 3.69. The molecule has 2 heterocycles. The van der Waals surface area contributed by atoms with E-state index in [1.54, 1.807) is 6.33 Å². The Hall–Kier alpha value is -3.32. The molecule has 0 bridgehead atoms. The smallest absolute Gasteiger partial charge is 0.159 e.